The largest absolute Gasteiger partial charge is 0.399 e. The Morgan fingerprint density at radius 3 is 2.67 bits per heavy atom. The SMILES string of the molecule is Nc1ccc(C2=NOC(c3ccccn3)C2)cc1. The number of nitrogens with two attached hydrogens (primary N) is 1. The van der Waals surface area contributed by atoms with Crippen LogP contribution < -0.4 is 5.73 Å². The highest BCUT2D eigenvalue weighted by Gasteiger charge is 2.24. The predicted molar refractivity (Wildman–Crippen MR) is 70.1 cm³/mol. The minimum Gasteiger partial charge on any atom is -0.399 e. The molecule has 1 aliphatic rings. The topological polar surface area (TPSA) is 60.5 Å². The number of nitrogen functional groups attached to an aromatic ring is 1. The van der Waals surface area contributed by atoms with Crippen molar-refractivity contribution in [1.29, 1.82) is 0 Å². The molecule has 0 radical (unpaired) electrons. The third kappa shape index (κ3) is 2.05. The predicted octanol–water partition coefficient (Wildman–Crippen LogP) is 2.53. The van der Waals surface area contributed by atoms with E-state index >= 15 is 0 Å². The Bertz CT molecular complexity index is 563. The number of hydrogen-bond acceptors (Lipinski definition) is 4. The zero-order valence-electron chi connectivity index (χ0n) is 9.78. The highest BCUT2D eigenvalue weighted by atomic mass is 16.6. The Kier molecular flexibility index (Phi) is 2.68. The Labute approximate surface area is 105 Å². The number of nitrogens with zero attached hydrogens (tertiary/aromatic N) is 2. The molecule has 1 atom stereocenters. The minimum atomic E-state index is -0.0845. The summed E-state index contributed by atoms with van der Waals surface area (Å²) in [6, 6.07) is 13.4. The Morgan fingerprint density at radius 1 is 1.11 bits per heavy atom. The van der Waals surface area contributed by atoms with E-state index in [1.54, 1.807) is 6.20 Å². The van der Waals surface area contributed by atoms with E-state index in [9.17, 15) is 0 Å². The van der Waals surface area contributed by atoms with Crippen molar-refractivity contribution in [2.45, 2.75) is 12.5 Å². The number of anilines is 1. The quantitative estimate of drug-likeness (QED) is 0.819. The van der Waals surface area contributed by atoms with Gasteiger partial charge in [0.1, 0.15) is 0 Å². The van der Waals surface area contributed by atoms with Gasteiger partial charge in [0.25, 0.3) is 0 Å². The number of oxime groups is 1. The van der Waals surface area contributed by atoms with Gasteiger partial charge in [0.2, 0.25) is 0 Å². The van der Waals surface area contributed by atoms with Gasteiger partial charge in [-0.3, -0.25) is 4.98 Å². The van der Waals surface area contributed by atoms with Crippen LogP contribution >= 0.6 is 0 Å². The number of aromatic nitrogens is 1. The molecule has 2 aromatic rings. The first kappa shape index (κ1) is 10.8. The highest BCUT2D eigenvalue weighted by Crippen LogP contribution is 2.28. The second kappa shape index (κ2) is 4.49. The maximum absolute atomic E-state index is 5.66. The van der Waals surface area contributed by atoms with Gasteiger partial charge in [-0.25, -0.2) is 0 Å². The van der Waals surface area contributed by atoms with Crippen LogP contribution in [-0.4, -0.2) is 10.7 Å². The second-order valence-electron chi connectivity index (χ2n) is 4.21. The molecule has 4 heteroatoms. The van der Waals surface area contributed by atoms with Gasteiger partial charge in [-0.2, -0.15) is 0 Å². The molecule has 0 fully saturated rings. The summed E-state index contributed by atoms with van der Waals surface area (Å²) < 4.78 is 0. The Balaban J connectivity index is 1.77. The molecule has 1 unspecified atom stereocenters. The van der Waals surface area contributed by atoms with Gasteiger partial charge in [-0.05, 0) is 29.8 Å². The van der Waals surface area contributed by atoms with Crippen LogP contribution in [0, 0.1) is 0 Å². The molecule has 1 aliphatic heterocycles. The molecule has 4 nitrogen and oxygen atoms in total. The molecule has 0 saturated carbocycles. The Morgan fingerprint density at radius 2 is 1.94 bits per heavy atom. The van der Waals surface area contributed by atoms with E-state index in [2.05, 4.69) is 10.1 Å². The van der Waals surface area contributed by atoms with Crippen LogP contribution in [0.3, 0.4) is 0 Å². The summed E-state index contributed by atoms with van der Waals surface area (Å²) in [5.74, 6) is 0. The fourth-order valence-corrected chi connectivity index (χ4v) is 1.95. The van der Waals surface area contributed by atoms with E-state index < -0.39 is 0 Å². The maximum Gasteiger partial charge on any atom is 0.174 e. The molecule has 0 spiro atoms. The summed E-state index contributed by atoms with van der Waals surface area (Å²) in [5.41, 5.74) is 9.30. The van der Waals surface area contributed by atoms with Gasteiger partial charge in [0.15, 0.2) is 6.10 Å². The molecule has 2 N–H and O–H groups in total. The fourth-order valence-electron chi connectivity index (χ4n) is 1.95. The van der Waals surface area contributed by atoms with Gasteiger partial charge in [-0.15, -0.1) is 0 Å². The standard InChI is InChI=1S/C14H13N3O/c15-11-6-4-10(5-7-11)13-9-14(18-17-13)12-3-1-2-8-16-12/h1-8,14H,9,15H2. The molecule has 0 saturated heterocycles. The number of pyridine rings is 1. The van der Waals surface area contributed by atoms with Crippen LogP contribution in [0.5, 0.6) is 0 Å². The molecule has 0 amide bonds. The molecule has 90 valence electrons. The van der Waals surface area contributed by atoms with E-state index in [0.29, 0.717) is 0 Å². The lowest BCUT2D eigenvalue weighted by Crippen LogP contribution is -2.03. The molecule has 1 aromatic heterocycles. The van der Waals surface area contributed by atoms with Gasteiger partial charge in [-0.1, -0.05) is 23.4 Å². The van der Waals surface area contributed by atoms with Crippen molar-refractivity contribution in [3.63, 3.8) is 0 Å². The number of rotatable bonds is 2. The first-order chi connectivity index (χ1) is 8.83. The lowest BCUT2D eigenvalue weighted by Gasteiger charge is -2.06. The molecule has 2 heterocycles. The third-order valence-corrected chi connectivity index (χ3v) is 2.93. The van der Waals surface area contributed by atoms with Gasteiger partial charge in [0, 0.05) is 18.3 Å². The van der Waals surface area contributed by atoms with E-state index in [0.717, 1.165) is 29.1 Å². The summed E-state index contributed by atoms with van der Waals surface area (Å²) in [5, 5.41) is 4.13. The zero-order chi connectivity index (χ0) is 12.4. The van der Waals surface area contributed by atoms with Gasteiger partial charge in [0.05, 0.1) is 11.4 Å². The fraction of sp³-hybridized carbons (Fsp3) is 0.143. The third-order valence-electron chi connectivity index (χ3n) is 2.93. The summed E-state index contributed by atoms with van der Waals surface area (Å²) in [4.78, 5) is 9.72. The van der Waals surface area contributed by atoms with Crippen molar-refractivity contribution in [1.82, 2.24) is 4.98 Å². The smallest absolute Gasteiger partial charge is 0.174 e. The summed E-state index contributed by atoms with van der Waals surface area (Å²) >= 11 is 0. The lowest BCUT2D eigenvalue weighted by atomic mass is 10.0. The van der Waals surface area contributed by atoms with Crippen LogP contribution in [0.1, 0.15) is 23.8 Å². The number of benzene rings is 1. The Hall–Kier alpha value is -2.36. The molecule has 0 bridgehead atoms. The minimum absolute atomic E-state index is 0.0845. The molecule has 18 heavy (non-hydrogen) atoms. The van der Waals surface area contributed by atoms with Crippen LogP contribution in [-0.2, 0) is 4.84 Å². The first-order valence-electron chi connectivity index (χ1n) is 5.82. The van der Waals surface area contributed by atoms with Crippen molar-refractivity contribution in [3.8, 4) is 0 Å². The lowest BCUT2D eigenvalue weighted by molar-refractivity contribution is 0.0826. The van der Waals surface area contributed by atoms with Gasteiger partial charge < -0.3 is 10.6 Å². The van der Waals surface area contributed by atoms with E-state index in [1.807, 2.05) is 42.5 Å². The maximum atomic E-state index is 5.66. The summed E-state index contributed by atoms with van der Waals surface area (Å²) in [7, 11) is 0. The molecule has 1 aromatic carbocycles. The normalized spacial score (nSPS) is 18.2. The van der Waals surface area contributed by atoms with Crippen molar-refractivity contribution >= 4 is 11.4 Å². The van der Waals surface area contributed by atoms with Crippen LogP contribution in [0.15, 0.2) is 53.8 Å². The van der Waals surface area contributed by atoms with E-state index in [4.69, 9.17) is 10.6 Å². The molecule has 0 aliphatic carbocycles. The number of hydrogen-bond donors (Lipinski definition) is 1. The van der Waals surface area contributed by atoms with Crippen molar-refractivity contribution in [2.75, 3.05) is 5.73 Å². The van der Waals surface area contributed by atoms with Crippen molar-refractivity contribution in [2.24, 2.45) is 5.16 Å². The molecular weight excluding hydrogens is 226 g/mol. The van der Waals surface area contributed by atoms with Gasteiger partial charge >= 0.3 is 0 Å². The van der Waals surface area contributed by atoms with Crippen LogP contribution in [0.4, 0.5) is 5.69 Å². The van der Waals surface area contributed by atoms with Crippen LogP contribution in [0.2, 0.25) is 0 Å². The summed E-state index contributed by atoms with van der Waals surface area (Å²) in [6.07, 6.45) is 2.42. The average Bonchev–Trinajstić information content (AvgIpc) is 2.90. The van der Waals surface area contributed by atoms with Crippen LogP contribution in [0.25, 0.3) is 0 Å². The van der Waals surface area contributed by atoms with E-state index in [1.165, 1.54) is 0 Å². The zero-order valence-corrected chi connectivity index (χ0v) is 9.78. The monoisotopic (exact) mass is 239 g/mol. The first-order valence-corrected chi connectivity index (χ1v) is 5.82. The van der Waals surface area contributed by atoms with Crippen molar-refractivity contribution in [3.05, 3.63) is 59.9 Å². The molecule has 3 rings (SSSR count). The van der Waals surface area contributed by atoms with E-state index in [-0.39, 0.29) is 6.10 Å². The summed E-state index contributed by atoms with van der Waals surface area (Å²) in [6.45, 7) is 0. The molecular formula is C14H13N3O. The van der Waals surface area contributed by atoms with Crippen molar-refractivity contribution < 1.29 is 4.84 Å². The average molecular weight is 239 g/mol. The highest BCUT2D eigenvalue weighted by molar-refractivity contribution is 6.01. The second-order valence-corrected chi connectivity index (χ2v) is 4.21.